The highest BCUT2D eigenvalue weighted by Gasteiger charge is 2.50. The number of rotatable bonds is 5. The predicted molar refractivity (Wildman–Crippen MR) is 80.0 cm³/mol. The topological polar surface area (TPSA) is 75.3 Å². The van der Waals surface area contributed by atoms with Crippen molar-refractivity contribution in [1.82, 2.24) is 10.0 Å². The van der Waals surface area contributed by atoms with Crippen molar-refractivity contribution in [2.24, 2.45) is 0 Å². The number of sulfonamides is 1. The summed E-state index contributed by atoms with van der Waals surface area (Å²) in [5.41, 5.74) is -0.866. The predicted octanol–water partition coefficient (Wildman–Crippen LogP) is 1.83. The van der Waals surface area contributed by atoms with Crippen LogP contribution in [0.4, 0.5) is 8.78 Å². The van der Waals surface area contributed by atoms with Gasteiger partial charge in [-0.3, -0.25) is 4.79 Å². The molecular weight excluding hydrogens is 314 g/mol. The van der Waals surface area contributed by atoms with Crippen LogP contribution in [0, 0.1) is 0 Å². The SMILES string of the molecule is CC(C)(C)NC(=O)C(F)(F)C(NS(C)(=O)=O)c1ccccc1. The van der Waals surface area contributed by atoms with E-state index < -0.39 is 33.4 Å². The quantitative estimate of drug-likeness (QED) is 0.862. The Bertz CT molecular complexity index is 625. The third kappa shape index (κ3) is 5.34. The van der Waals surface area contributed by atoms with E-state index in [-0.39, 0.29) is 5.56 Å². The molecule has 0 aliphatic carbocycles. The molecule has 22 heavy (non-hydrogen) atoms. The number of alkyl halides is 2. The lowest BCUT2D eigenvalue weighted by atomic mass is 9.99. The van der Waals surface area contributed by atoms with Crippen LogP contribution in [0.25, 0.3) is 0 Å². The van der Waals surface area contributed by atoms with E-state index in [0.717, 1.165) is 6.26 Å². The summed E-state index contributed by atoms with van der Waals surface area (Å²) in [6, 6.07) is 5.27. The van der Waals surface area contributed by atoms with Crippen LogP contribution >= 0.6 is 0 Å². The lowest BCUT2D eigenvalue weighted by Crippen LogP contribution is -2.54. The van der Waals surface area contributed by atoms with Gasteiger partial charge in [0.1, 0.15) is 6.04 Å². The van der Waals surface area contributed by atoms with Crippen molar-refractivity contribution in [3.05, 3.63) is 35.9 Å². The molecular formula is C14H20F2N2O3S. The van der Waals surface area contributed by atoms with Crippen LogP contribution in [-0.2, 0) is 14.8 Å². The van der Waals surface area contributed by atoms with Crippen LogP contribution in [-0.4, -0.2) is 32.0 Å². The molecule has 2 N–H and O–H groups in total. The van der Waals surface area contributed by atoms with Crippen LogP contribution in [0.1, 0.15) is 32.4 Å². The Morgan fingerprint density at radius 2 is 1.64 bits per heavy atom. The summed E-state index contributed by atoms with van der Waals surface area (Å²) in [4.78, 5) is 11.9. The second-order valence-corrected chi connectivity index (χ2v) is 7.84. The minimum Gasteiger partial charge on any atom is -0.346 e. The zero-order valence-corrected chi connectivity index (χ0v) is 13.7. The zero-order valence-electron chi connectivity index (χ0n) is 12.9. The van der Waals surface area contributed by atoms with Gasteiger partial charge in [-0.2, -0.15) is 8.78 Å². The Balaban J connectivity index is 3.22. The standard InChI is InChI=1S/C14H20F2N2O3S/c1-13(2,3)17-12(19)14(15,16)11(18-22(4,20)21)10-8-6-5-7-9-10/h5-9,11,18H,1-4H3,(H,17,19). The molecule has 124 valence electrons. The molecule has 1 aromatic carbocycles. The highest BCUT2D eigenvalue weighted by Crippen LogP contribution is 2.32. The van der Waals surface area contributed by atoms with Crippen molar-refractivity contribution in [3.8, 4) is 0 Å². The molecule has 0 aliphatic rings. The molecule has 0 aliphatic heterocycles. The highest BCUT2D eigenvalue weighted by atomic mass is 32.2. The average molecular weight is 334 g/mol. The maximum Gasteiger partial charge on any atom is 0.344 e. The summed E-state index contributed by atoms with van der Waals surface area (Å²) < 4.78 is 53.6. The second-order valence-electron chi connectivity index (χ2n) is 6.06. The van der Waals surface area contributed by atoms with Crippen molar-refractivity contribution in [2.75, 3.05) is 6.26 Å². The van der Waals surface area contributed by atoms with E-state index in [2.05, 4.69) is 5.32 Å². The molecule has 0 spiro atoms. The maximum absolute atomic E-state index is 14.5. The number of hydrogen-bond donors (Lipinski definition) is 2. The largest absolute Gasteiger partial charge is 0.346 e. The molecule has 1 aromatic rings. The summed E-state index contributed by atoms with van der Waals surface area (Å²) in [6.45, 7) is 4.67. The van der Waals surface area contributed by atoms with Gasteiger partial charge in [0.05, 0.1) is 6.26 Å². The van der Waals surface area contributed by atoms with Gasteiger partial charge >= 0.3 is 5.92 Å². The average Bonchev–Trinajstić information content (AvgIpc) is 2.33. The van der Waals surface area contributed by atoms with Crippen molar-refractivity contribution in [3.63, 3.8) is 0 Å². The van der Waals surface area contributed by atoms with Gasteiger partial charge in [0.15, 0.2) is 0 Å². The Hall–Kier alpha value is -1.54. The summed E-state index contributed by atoms with van der Waals surface area (Å²) in [6.07, 6.45) is 0.765. The van der Waals surface area contributed by atoms with Gasteiger partial charge < -0.3 is 5.32 Å². The molecule has 1 atom stereocenters. The monoisotopic (exact) mass is 334 g/mol. The Morgan fingerprint density at radius 1 is 1.14 bits per heavy atom. The Morgan fingerprint density at radius 3 is 2.05 bits per heavy atom. The number of nitrogens with one attached hydrogen (secondary N) is 2. The van der Waals surface area contributed by atoms with Gasteiger partial charge in [-0.15, -0.1) is 0 Å². The molecule has 0 heterocycles. The van der Waals surface area contributed by atoms with Gasteiger partial charge in [-0.25, -0.2) is 13.1 Å². The molecule has 0 saturated heterocycles. The fraction of sp³-hybridized carbons (Fsp3) is 0.500. The fourth-order valence-corrected chi connectivity index (χ4v) is 2.48. The van der Waals surface area contributed by atoms with E-state index in [9.17, 15) is 22.0 Å². The lowest BCUT2D eigenvalue weighted by Gasteiger charge is -2.30. The summed E-state index contributed by atoms with van der Waals surface area (Å²) in [5.74, 6) is -5.48. The van der Waals surface area contributed by atoms with Crippen LogP contribution in [0.2, 0.25) is 0 Å². The van der Waals surface area contributed by atoms with Gasteiger partial charge in [0.2, 0.25) is 10.0 Å². The molecule has 1 amide bonds. The third-order valence-corrected chi connectivity index (χ3v) is 3.28. The normalized spacial score (nSPS) is 14.5. The first-order valence-electron chi connectivity index (χ1n) is 6.55. The molecule has 0 saturated carbocycles. The number of halogens is 2. The maximum atomic E-state index is 14.5. The van der Waals surface area contributed by atoms with E-state index >= 15 is 0 Å². The van der Waals surface area contributed by atoms with Crippen molar-refractivity contribution < 1.29 is 22.0 Å². The fourth-order valence-electron chi connectivity index (χ4n) is 1.77. The van der Waals surface area contributed by atoms with Gasteiger partial charge in [-0.1, -0.05) is 30.3 Å². The smallest absolute Gasteiger partial charge is 0.344 e. The van der Waals surface area contributed by atoms with E-state index in [1.807, 2.05) is 4.72 Å². The van der Waals surface area contributed by atoms with Gasteiger partial charge in [0.25, 0.3) is 5.91 Å². The summed E-state index contributed by atoms with van der Waals surface area (Å²) in [7, 11) is -3.94. The summed E-state index contributed by atoms with van der Waals surface area (Å²) >= 11 is 0. The van der Waals surface area contributed by atoms with E-state index in [0.29, 0.717) is 0 Å². The van der Waals surface area contributed by atoms with Crippen LogP contribution < -0.4 is 10.0 Å². The molecule has 1 rings (SSSR count). The van der Waals surface area contributed by atoms with Crippen LogP contribution in [0.3, 0.4) is 0 Å². The Labute approximate surface area is 129 Å². The molecule has 0 bridgehead atoms. The number of carbonyl (C=O) groups is 1. The number of amides is 1. The van der Waals surface area contributed by atoms with Crippen molar-refractivity contribution in [1.29, 1.82) is 0 Å². The van der Waals surface area contributed by atoms with E-state index in [4.69, 9.17) is 0 Å². The second kappa shape index (κ2) is 6.29. The Kier molecular flexibility index (Phi) is 5.30. The summed E-state index contributed by atoms with van der Waals surface area (Å²) in [5, 5.41) is 2.17. The first kappa shape index (κ1) is 18.5. The van der Waals surface area contributed by atoms with Crippen molar-refractivity contribution >= 4 is 15.9 Å². The zero-order chi connectivity index (χ0) is 17.2. The van der Waals surface area contributed by atoms with Gasteiger partial charge in [-0.05, 0) is 26.3 Å². The highest BCUT2D eigenvalue weighted by molar-refractivity contribution is 7.88. The minimum atomic E-state index is -3.95. The first-order chi connectivity index (χ1) is 9.83. The molecule has 8 heteroatoms. The van der Waals surface area contributed by atoms with Gasteiger partial charge in [0, 0.05) is 5.54 Å². The van der Waals surface area contributed by atoms with E-state index in [1.54, 1.807) is 26.8 Å². The van der Waals surface area contributed by atoms with Crippen LogP contribution in [0.5, 0.6) is 0 Å². The first-order valence-corrected chi connectivity index (χ1v) is 8.45. The number of hydrogen-bond acceptors (Lipinski definition) is 3. The molecule has 0 fully saturated rings. The van der Waals surface area contributed by atoms with Crippen molar-refractivity contribution in [2.45, 2.75) is 38.3 Å². The minimum absolute atomic E-state index is 0.00184. The number of benzene rings is 1. The molecule has 5 nitrogen and oxygen atoms in total. The number of carbonyl (C=O) groups excluding carboxylic acids is 1. The molecule has 0 radical (unpaired) electrons. The lowest BCUT2D eigenvalue weighted by molar-refractivity contribution is -0.151. The molecule has 0 aromatic heterocycles. The van der Waals surface area contributed by atoms with Crippen LogP contribution in [0.15, 0.2) is 30.3 Å². The molecule has 1 unspecified atom stereocenters. The van der Waals surface area contributed by atoms with E-state index in [1.165, 1.54) is 24.3 Å². The third-order valence-electron chi connectivity index (χ3n) is 2.62.